The summed E-state index contributed by atoms with van der Waals surface area (Å²) in [6.07, 6.45) is 3.12. The number of likely N-dealkylation sites (N-methyl/N-ethyl adjacent to an activating group) is 2. The van der Waals surface area contributed by atoms with Crippen molar-refractivity contribution >= 4 is 17.5 Å². The van der Waals surface area contributed by atoms with E-state index in [-0.39, 0.29) is 40.8 Å². The van der Waals surface area contributed by atoms with Gasteiger partial charge in [0.05, 0.1) is 19.3 Å². The molecule has 1 amide bonds. The number of piperazine rings is 1. The highest BCUT2D eigenvalue weighted by atomic mass is 16.5. The lowest BCUT2D eigenvalue weighted by Gasteiger charge is -2.52. The molecule has 176 valence electrons. The number of nitrogens with zero attached hydrogens (tertiary/aromatic N) is 2. The van der Waals surface area contributed by atoms with Gasteiger partial charge in [0.25, 0.3) is 0 Å². The molecule has 2 heterocycles. The Morgan fingerprint density at radius 2 is 1.56 bits per heavy atom. The highest BCUT2D eigenvalue weighted by Gasteiger charge is 2.55. The number of fused-ring (bicyclic) bond motifs is 3. The molecule has 7 nitrogen and oxygen atoms in total. The van der Waals surface area contributed by atoms with Crippen molar-refractivity contribution in [3.05, 3.63) is 22.5 Å². The Morgan fingerprint density at radius 3 is 2.12 bits per heavy atom. The molecule has 2 aliphatic heterocycles. The summed E-state index contributed by atoms with van der Waals surface area (Å²) < 4.78 is 11.9. The van der Waals surface area contributed by atoms with Crippen molar-refractivity contribution in [2.75, 3.05) is 27.7 Å². The number of ether oxygens (including phenoxy) is 2. The van der Waals surface area contributed by atoms with Crippen LogP contribution in [0.15, 0.2) is 22.5 Å². The van der Waals surface area contributed by atoms with Gasteiger partial charge in [-0.25, -0.2) is 0 Å². The van der Waals surface area contributed by atoms with E-state index in [1.165, 1.54) is 7.11 Å². The summed E-state index contributed by atoms with van der Waals surface area (Å²) in [5.74, 6) is 0.172. The minimum absolute atomic E-state index is 0.0339. The second kappa shape index (κ2) is 8.10. The lowest BCUT2D eigenvalue weighted by molar-refractivity contribution is -0.155. The predicted octanol–water partition coefficient (Wildman–Crippen LogP) is 2.50. The standard InChI is InChI=1S/C25H36N2O5/c1-13-20(28)18-17(21(29)22(13)31-7)16-12-26(5)24(30)19(27(16)6)23(18)32-15-10-8-14(9-11-15)25(2,3)4/h14-16,19,23H,8-12H2,1-7H3/t14?,15?,16-,19-,23-/m0/s1. The number of carbonyl (C=O) groups is 3. The fraction of sp³-hybridized carbons (Fsp3) is 0.720. The van der Waals surface area contributed by atoms with Crippen LogP contribution < -0.4 is 0 Å². The van der Waals surface area contributed by atoms with E-state index < -0.39 is 12.1 Å². The molecule has 7 heteroatoms. The van der Waals surface area contributed by atoms with Gasteiger partial charge in [-0.2, -0.15) is 0 Å². The number of amides is 1. The number of hydrogen-bond donors (Lipinski definition) is 0. The Labute approximate surface area is 190 Å². The van der Waals surface area contributed by atoms with Crippen molar-refractivity contribution in [3.63, 3.8) is 0 Å². The van der Waals surface area contributed by atoms with Crippen LogP contribution in [0.2, 0.25) is 0 Å². The summed E-state index contributed by atoms with van der Waals surface area (Å²) in [5, 5.41) is 0. The second-order valence-corrected chi connectivity index (χ2v) is 10.9. The van der Waals surface area contributed by atoms with E-state index in [0.29, 0.717) is 29.2 Å². The zero-order valence-electron chi connectivity index (χ0n) is 20.4. The lowest BCUT2D eigenvalue weighted by atomic mass is 9.71. The first-order chi connectivity index (χ1) is 15.0. The highest BCUT2D eigenvalue weighted by molar-refractivity contribution is 6.25. The molecule has 32 heavy (non-hydrogen) atoms. The average Bonchev–Trinajstić information content (AvgIpc) is 2.72. The first-order valence-electron chi connectivity index (χ1n) is 11.7. The summed E-state index contributed by atoms with van der Waals surface area (Å²) in [7, 11) is 5.02. The van der Waals surface area contributed by atoms with Gasteiger partial charge in [-0.05, 0) is 51.0 Å². The molecule has 1 saturated heterocycles. The fourth-order valence-electron chi connectivity index (χ4n) is 5.98. The highest BCUT2D eigenvalue weighted by Crippen LogP contribution is 2.43. The van der Waals surface area contributed by atoms with Crippen LogP contribution in [0.1, 0.15) is 53.4 Å². The van der Waals surface area contributed by atoms with Crippen LogP contribution in [0.4, 0.5) is 0 Å². The maximum atomic E-state index is 13.5. The SMILES string of the molecule is COC1=C(C)C(=O)C2=C(C1=O)[C@@H]1CN(C)C(=O)[C@H]([C@H]2OC2CCC(C(C)(C)C)CC2)N1C. The van der Waals surface area contributed by atoms with E-state index in [4.69, 9.17) is 9.47 Å². The van der Waals surface area contributed by atoms with E-state index in [2.05, 4.69) is 20.8 Å². The van der Waals surface area contributed by atoms with Gasteiger partial charge in [-0.1, -0.05) is 20.8 Å². The molecule has 0 aromatic heterocycles. The summed E-state index contributed by atoms with van der Waals surface area (Å²) in [4.78, 5) is 43.6. The molecular weight excluding hydrogens is 408 g/mol. The quantitative estimate of drug-likeness (QED) is 0.623. The zero-order chi connectivity index (χ0) is 23.5. The Morgan fingerprint density at radius 1 is 0.938 bits per heavy atom. The van der Waals surface area contributed by atoms with Gasteiger partial charge in [-0.3, -0.25) is 19.3 Å². The van der Waals surface area contributed by atoms with Gasteiger partial charge in [0.1, 0.15) is 12.1 Å². The average molecular weight is 445 g/mol. The largest absolute Gasteiger partial charge is 0.492 e. The van der Waals surface area contributed by atoms with Crippen molar-refractivity contribution in [2.24, 2.45) is 11.3 Å². The molecule has 0 unspecified atom stereocenters. The first-order valence-corrected chi connectivity index (χ1v) is 11.7. The van der Waals surface area contributed by atoms with Crippen LogP contribution in [0, 0.1) is 11.3 Å². The van der Waals surface area contributed by atoms with Crippen molar-refractivity contribution in [1.82, 2.24) is 9.80 Å². The van der Waals surface area contributed by atoms with Crippen LogP contribution in [0.5, 0.6) is 0 Å². The van der Waals surface area contributed by atoms with Crippen LogP contribution in [-0.2, 0) is 23.9 Å². The second-order valence-electron chi connectivity index (χ2n) is 10.9. The summed E-state index contributed by atoms with van der Waals surface area (Å²) in [6, 6.07) is -0.949. The van der Waals surface area contributed by atoms with E-state index >= 15 is 0 Å². The molecule has 2 fully saturated rings. The third-order valence-corrected chi connectivity index (χ3v) is 8.02. The smallest absolute Gasteiger partial charge is 0.242 e. The molecule has 0 aromatic rings. The molecule has 0 radical (unpaired) electrons. The first kappa shape index (κ1) is 23.2. The topological polar surface area (TPSA) is 76.2 Å². The molecule has 1 saturated carbocycles. The number of carbonyl (C=O) groups excluding carboxylic acids is 3. The number of Topliss-reactive ketones (excluding diaryl/α,β-unsaturated/α-hetero) is 2. The van der Waals surface area contributed by atoms with Crippen molar-refractivity contribution in [1.29, 1.82) is 0 Å². The minimum Gasteiger partial charge on any atom is -0.492 e. The number of allylic oxidation sites excluding steroid dienone is 2. The normalized spacial score (nSPS) is 34.3. The summed E-state index contributed by atoms with van der Waals surface area (Å²) in [5.41, 5.74) is 1.36. The van der Waals surface area contributed by atoms with Gasteiger partial charge >= 0.3 is 0 Å². The van der Waals surface area contributed by atoms with Crippen LogP contribution >= 0.6 is 0 Å². The number of ketones is 2. The van der Waals surface area contributed by atoms with E-state index in [1.54, 1.807) is 18.9 Å². The molecule has 3 atom stereocenters. The maximum Gasteiger partial charge on any atom is 0.242 e. The third kappa shape index (κ3) is 3.54. The van der Waals surface area contributed by atoms with Gasteiger partial charge in [0, 0.05) is 30.3 Å². The van der Waals surface area contributed by atoms with E-state index in [9.17, 15) is 14.4 Å². The van der Waals surface area contributed by atoms with Crippen molar-refractivity contribution in [2.45, 2.75) is 77.7 Å². The third-order valence-electron chi connectivity index (χ3n) is 8.02. The Kier molecular flexibility index (Phi) is 5.87. The number of methoxy groups -OCH3 is 1. The molecule has 0 N–H and O–H groups in total. The molecule has 0 aromatic carbocycles. The van der Waals surface area contributed by atoms with Gasteiger partial charge in [-0.15, -0.1) is 0 Å². The van der Waals surface area contributed by atoms with E-state index in [1.807, 2.05) is 11.9 Å². The number of hydrogen-bond acceptors (Lipinski definition) is 6. The van der Waals surface area contributed by atoms with Crippen LogP contribution in [-0.4, -0.2) is 79.3 Å². The van der Waals surface area contributed by atoms with E-state index in [0.717, 1.165) is 25.7 Å². The zero-order valence-corrected chi connectivity index (χ0v) is 20.4. The summed E-state index contributed by atoms with van der Waals surface area (Å²) >= 11 is 0. The van der Waals surface area contributed by atoms with Gasteiger partial charge < -0.3 is 14.4 Å². The molecule has 2 aliphatic carbocycles. The van der Waals surface area contributed by atoms with Crippen LogP contribution in [0.3, 0.4) is 0 Å². The Balaban J connectivity index is 1.71. The molecular formula is C25H36N2O5. The fourth-order valence-corrected chi connectivity index (χ4v) is 5.98. The van der Waals surface area contributed by atoms with Gasteiger partial charge in [0.2, 0.25) is 11.7 Å². The predicted molar refractivity (Wildman–Crippen MR) is 120 cm³/mol. The molecule has 0 spiro atoms. The molecule has 2 bridgehead atoms. The number of rotatable bonds is 3. The lowest BCUT2D eigenvalue weighted by Crippen LogP contribution is -2.69. The Hall–Kier alpha value is -1.99. The van der Waals surface area contributed by atoms with Crippen LogP contribution in [0.25, 0.3) is 0 Å². The van der Waals surface area contributed by atoms with Gasteiger partial charge in [0.15, 0.2) is 11.5 Å². The maximum absolute atomic E-state index is 13.5. The molecule has 4 rings (SSSR count). The van der Waals surface area contributed by atoms with Crippen molar-refractivity contribution in [3.8, 4) is 0 Å². The minimum atomic E-state index is -0.748. The summed E-state index contributed by atoms with van der Waals surface area (Å²) in [6.45, 7) is 8.81. The van der Waals surface area contributed by atoms with Crippen molar-refractivity contribution < 1.29 is 23.9 Å². The monoisotopic (exact) mass is 444 g/mol. The molecule has 4 aliphatic rings. The Bertz CT molecular complexity index is 904.